The summed E-state index contributed by atoms with van der Waals surface area (Å²) in [6.45, 7) is 10.6. The summed E-state index contributed by atoms with van der Waals surface area (Å²) < 4.78 is 5.43. The van der Waals surface area contributed by atoms with Gasteiger partial charge in [0.05, 0.1) is 6.61 Å². The zero-order chi connectivity index (χ0) is 10.9. The van der Waals surface area contributed by atoms with E-state index < -0.39 is 0 Å². The molecule has 0 aromatic heterocycles. The normalized spacial score (nSPS) is 21.6. The molecule has 0 bridgehead atoms. The fraction of sp³-hybridized carbons (Fsp3) is 1.00. The van der Waals surface area contributed by atoms with Gasteiger partial charge < -0.3 is 10.1 Å². The number of ether oxygens (including phenoxy) is 1. The van der Waals surface area contributed by atoms with Crippen LogP contribution in [0.15, 0.2) is 0 Å². The van der Waals surface area contributed by atoms with Gasteiger partial charge in [-0.3, -0.25) is 4.90 Å². The lowest BCUT2D eigenvalue weighted by Gasteiger charge is -2.29. The van der Waals surface area contributed by atoms with E-state index in [0.29, 0.717) is 0 Å². The van der Waals surface area contributed by atoms with E-state index in [2.05, 4.69) is 24.1 Å². The summed E-state index contributed by atoms with van der Waals surface area (Å²) in [4.78, 5) is 2.57. The molecule has 0 aromatic rings. The van der Waals surface area contributed by atoms with Gasteiger partial charge in [-0.05, 0) is 45.8 Å². The van der Waals surface area contributed by atoms with Crippen LogP contribution in [-0.4, -0.2) is 50.3 Å². The predicted octanol–water partition coefficient (Wildman–Crippen LogP) is 1.91. The number of nitrogens with one attached hydrogen (secondary N) is 1. The number of hydrogen-bond acceptors (Lipinski definition) is 3. The van der Waals surface area contributed by atoms with E-state index in [-0.39, 0.29) is 12.4 Å². The molecule has 0 aliphatic carbocycles. The van der Waals surface area contributed by atoms with Crippen LogP contribution in [0, 0.1) is 0 Å². The molecule has 1 saturated heterocycles. The number of halogens is 1. The third-order valence-corrected chi connectivity index (χ3v) is 3.19. The highest BCUT2D eigenvalue weighted by molar-refractivity contribution is 5.85. The Bertz CT molecular complexity index is 150. The van der Waals surface area contributed by atoms with Crippen LogP contribution in [-0.2, 0) is 4.74 Å². The van der Waals surface area contributed by atoms with Crippen LogP contribution >= 0.6 is 12.4 Å². The molecule has 3 nitrogen and oxygen atoms in total. The van der Waals surface area contributed by atoms with Crippen molar-refractivity contribution in [1.82, 2.24) is 10.2 Å². The molecular formula is C12H27ClN2O. The van der Waals surface area contributed by atoms with Gasteiger partial charge in [0.15, 0.2) is 0 Å². The predicted molar refractivity (Wildman–Crippen MR) is 71.5 cm³/mol. The Hall–Kier alpha value is 0.170. The molecule has 0 amide bonds. The van der Waals surface area contributed by atoms with Gasteiger partial charge in [0.2, 0.25) is 0 Å². The lowest BCUT2D eigenvalue weighted by Crippen LogP contribution is -2.38. The average Bonchev–Trinajstić information content (AvgIpc) is 2.53. The third kappa shape index (κ3) is 6.04. The topological polar surface area (TPSA) is 24.5 Å². The van der Waals surface area contributed by atoms with E-state index >= 15 is 0 Å². The zero-order valence-electron chi connectivity index (χ0n) is 10.7. The van der Waals surface area contributed by atoms with Crippen LogP contribution in [0.4, 0.5) is 0 Å². The summed E-state index contributed by atoms with van der Waals surface area (Å²) in [5, 5.41) is 3.47. The second kappa shape index (κ2) is 10.3. The van der Waals surface area contributed by atoms with E-state index in [1.165, 1.54) is 32.4 Å². The Kier molecular flexibility index (Phi) is 10.4. The summed E-state index contributed by atoms with van der Waals surface area (Å²) in [5.41, 5.74) is 0. The first kappa shape index (κ1) is 16.2. The average molecular weight is 251 g/mol. The van der Waals surface area contributed by atoms with Crippen molar-refractivity contribution in [3.63, 3.8) is 0 Å². The Labute approximate surface area is 106 Å². The summed E-state index contributed by atoms with van der Waals surface area (Å²) in [6, 6.07) is 0.769. The summed E-state index contributed by atoms with van der Waals surface area (Å²) in [6.07, 6.45) is 3.95. The van der Waals surface area contributed by atoms with Crippen LogP contribution < -0.4 is 5.32 Å². The van der Waals surface area contributed by atoms with Crippen LogP contribution in [0.2, 0.25) is 0 Å². The van der Waals surface area contributed by atoms with Gasteiger partial charge in [-0.1, -0.05) is 6.92 Å². The maximum atomic E-state index is 5.43. The molecular weight excluding hydrogens is 224 g/mol. The monoisotopic (exact) mass is 250 g/mol. The van der Waals surface area contributed by atoms with Gasteiger partial charge in [0, 0.05) is 19.2 Å². The lowest BCUT2D eigenvalue weighted by atomic mass is 10.1. The quantitative estimate of drug-likeness (QED) is 0.729. The third-order valence-electron chi connectivity index (χ3n) is 3.19. The van der Waals surface area contributed by atoms with Crippen molar-refractivity contribution in [2.75, 3.05) is 39.4 Å². The Morgan fingerprint density at radius 1 is 1.25 bits per heavy atom. The highest BCUT2D eigenvalue weighted by atomic mass is 35.5. The van der Waals surface area contributed by atoms with Crippen molar-refractivity contribution in [3.05, 3.63) is 0 Å². The first-order chi connectivity index (χ1) is 7.38. The van der Waals surface area contributed by atoms with E-state index in [1.807, 2.05) is 0 Å². The molecule has 1 fully saturated rings. The number of hydrogen-bond donors (Lipinski definition) is 1. The molecule has 1 aliphatic heterocycles. The molecule has 1 aliphatic rings. The Morgan fingerprint density at radius 3 is 2.75 bits per heavy atom. The maximum absolute atomic E-state index is 5.43. The fourth-order valence-corrected chi connectivity index (χ4v) is 2.29. The van der Waals surface area contributed by atoms with Gasteiger partial charge in [0.25, 0.3) is 0 Å². The molecule has 0 aromatic carbocycles. The fourth-order valence-electron chi connectivity index (χ4n) is 2.29. The first-order valence-electron chi connectivity index (χ1n) is 6.41. The van der Waals surface area contributed by atoms with Crippen molar-refractivity contribution < 1.29 is 4.74 Å². The second-order valence-corrected chi connectivity index (χ2v) is 4.16. The minimum absolute atomic E-state index is 0. The molecule has 1 atom stereocenters. The first-order valence-corrected chi connectivity index (χ1v) is 6.41. The second-order valence-electron chi connectivity index (χ2n) is 4.16. The molecule has 0 radical (unpaired) electrons. The SMILES string of the molecule is CCOCCN(CC)C1CCCNCC1.Cl. The maximum Gasteiger partial charge on any atom is 0.0593 e. The van der Waals surface area contributed by atoms with Crippen molar-refractivity contribution in [1.29, 1.82) is 0 Å². The molecule has 98 valence electrons. The summed E-state index contributed by atoms with van der Waals surface area (Å²) in [7, 11) is 0. The van der Waals surface area contributed by atoms with Crippen molar-refractivity contribution in [3.8, 4) is 0 Å². The van der Waals surface area contributed by atoms with Gasteiger partial charge >= 0.3 is 0 Å². The highest BCUT2D eigenvalue weighted by Crippen LogP contribution is 2.12. The van der Waals surface area contributed by atoms with Gasteiger partial charge in [-0.15, -0.1) is 12.4 Å². The standard InChI is InChI=1S/C12H26N2O.ClH/c1-3-14(10-11-15-4-2)12-6-5-8-13-9-7-12;/h12-13H,3-11H2,1-2H3;1H. The van der Waals surface area contributed by atoms with E-state index in [9.17, 15) is 0 Å². The van der Waals surface area contributed by atoms with E-state index in [1.54, 1.807) is 0 Å². The number of likely N-dealkylation sites (N-methyl/N-ethyl adjacent to an activating group) is 1. The molecule has 16 heavy (non-hydrogen) atoms. The smallest absolute Gasteiger partial charge is 0.0593 e. The molecule has 1 N–H and O–H groups in total. The van der Waals surface area contributed by atoms with Gasteiger partial charge in [-0.25, -0.2) is 0 Å². The van der Waals surface area contributed by atoms with Crippen LogP contribution in [0.25, 0.3) is 0 Å². The van der Waals surface area contributed by atoms with Gasteiger partial charge in [-0.2, -0.15) is 0 Å². The zero-order valence-corrected chi connectivity index (χ0v) is 11.5. The number of nitrogens with zero attached hydrogens (tertiary/aromatic N) is 1. The van der Waals surface area contributed by atoms with Crippen molar-refractivity contribution in [2.24, 2.45) is 0 Å². The van der Waals surface area contributed by atoms with Gasteiger partial charge in [0.1, 0.15) is 0 Å². The molecule has 0 saturated carbocycles. The lowest BCUT2D eigenvalue weighted by molar-refractivity contribution is 0.0931. The number of rotatable bonds is 6. The Balaban J connectivity index is 0.00000225. The molecule has 1 unspecified atom stereocenters. The van der Waals surface area contributed by atoms with Crippen molar-refractivity contribution in [2.45, 2.75) is 39.2 Å². The summed E-state index contributed by atoms with van der Waals surface area (Å²) >= 11 is 0. The highest BCUT2D eigenvalue weighted by Gasteiger charge is 2.17. The minimum Gasteiger partial charge on any atom is -0.380 e. The molecule has 1 rings (SSSR count). The molecule has 4 heteroatoms. The molecule has 1 heterocycles. The van der Waals surface area contributed by atoms with Crippen molar-refractivity contribution >= 4 is 12.4 Å². The van der Waals surface area contributed by atoms with E-state index in [0.717, 1.165) is 32.3 Å². The van der Waals surface area contributed by atoms with Crippen LogP contribution in [0.1, 0.15) is 33.1 Å². The molecule has 0 spiro atoms. The summed E-state index contributed by atoms with van der Waals surface area (Å²) in [5.74, 6) is 0. The van der Waals surface area contributed by atoms with Crippen LogP contribution in [0.5, 0.6) is 0 Å². The largest absolute Gasteiger partial charge is 0.380 e. The van der Waals surface area contributed by atoms with E-state index in [4.69, 9.17) is 4.74 Å². The minimum atomic E-state index is 0. The van der Waals surface area contributed by atoms with Crippen LogP contribution in [0.3, 0.4) is 0 Å². The Morgan fingerprint density at radius 2 is 2.06 bits per heavy atom.